The third kappa shape index (κ3) is 3.23. The van der Waals surface area contributed by atoms with Crippen LogP contribution in [0, 0.1) is 11.8 Å². The molecular formula is C14H24N2O4. The van der Waals surface area contributed by atoms with E-state index in [4.69, 9.17) is 5.11 Å². The molecule has 2 saturated heterocycles. The van der Waals surface area contributed by atoms with Crippen molar-refractivity contribution in [3.63, 3.8) is 0 Å². The van der Waals surface area contributed by atoms with Crippen molar-refractivity contribution < 1.29 is 19.8 Å². The zero-order chi connectivity index (χ0) is 14.7. The maximum atomic E-state index is 12.5. The maximum Gasteiger partial charge on any atom is 0.326 e. The number of aliphatic hydroxyl groups excluding tert-OH is 1. The third-order valence-corrected chi connectivity index (χ3v) is 4.54. The molecule has 20 heavy (non-hydrogen) atoms. The first-order chi connectivity index (χ1) is 9.52. The Bertz CT molecular complexity index is 366. The van der Waals surface area contributed by atoms with Crippen molar-refractivity contribution in [2.45, 2.75) is 38.6 Å². The Kier molecular flexibility index (Phi) is 4.86. The molecule has 2 atom stereocenters. The minimum Gasteiger partial charge on any atom is -0.480 e. The summed E-state index contributed by atoms with van der Waals surface area (Å²) in [6.45, 7) is 3.95. The zero-order valence-electron chi connectivity index (χ0n) is 12.0. The number of likely N-dealkylation sites (tertiary alicyclic amines) is 2. The normalized spacial score (nSPS) is 28.5. The summed E-state index contributed by atoms with van der Waals surface area (Å²) in [5.74, 6) is -0.286. The standard InChI is InChI=1S/C14H24N2O4/c1-10-2-7-16(12(8-10)13(18)19)14(20)15-5-3-11(9-17)4-6-15/h10-12,17H,2-9H2,1H3,(H,18,19). The van der Waals surface area contributed by atoms with Crippen molar-refractivity contribution in [2.24, 2.45) is 11.8 Å². The molecule has 6 nitrogen and oxygen atoms in total. The summed E-state index contributed by atoms with van der Waals surface area (Å²) in [7, 11) is 0. The van der Waals surface area contributed by atoms with Gasteiger partial charge < -0.3 is 20.0 Å². The summed E-state index contributed by atoms with van der Waals surface area (Å²) in [5, 5.41) is 18.4. The minimum atomic E-state index is -0.907. The highest BCUT2D eigenvalue weighted by atomic mass is 16.4. The number of carboxylic acids is 1. The van der Waals surface area contributed by atoms with Gasteiger partial charge in [0.25, 0.3) is 0 Å². The van der Waals surface area contributed by atoms with Crippen molar-refractivity contribution in [2.75, 3.05) is 26.2 Å². The van der Waals surface area contributed by atoms with Crippen LogP contribution in [-0.2, 0) is 4.79 Å². The lowest BCUT2D eigenvalue weighted by molar-refractivity contribution is -0.144. The molecule has 2 heterocycles. The molecule has 2 fully saturated rings. The fraction of sp³-hybridized carbons (Fsp3) is 0.857. The van der Waals surface area contributed by atoms with E-state index in [0.29, 0.717) is 32.0 Å². The van der Waals surface area contributed by atoms with Crippen LogP contribution in [0.1, 0.15) is 32.6 Å². The Morgan fingerprint density at radius 1 is 1.15 bits per heavy atom. The number of hydrogen-bond donors (Lipinski definition) is 2. The smallest absolute Gasteiger partial charge is 0.326 e. The maximum absolute atomic E-state index is 12.5. The van der Waals surface area contributed by atoms with Crippen molar-refractivity contribution in [3.05, 3.63) is 0 Å². The van der Waals surface area contributed by atoms with Gasteiger partial charge in [0.05, 0.1) is 0 Å². The molecule has 6 heteroatoms. The zero-order valence-corrected chi connectivity index (χ0v) is 12.0. The molecule has 114 valence electrons. The van der Waals surface area contributed by atoms with E-state index in [2.05, 4.69) is 0 Å². The molecule has 0 spiro atoms. The fourth-order valence-electron chi connectivity index (χ4n) is 3.09. The van der Waals surface area contributed by atoms with Gasteiger partial charge in [-0.05, 0) is 37.5 Å². The fourth-order valence-corrected chi connectivity index (χ4v) is 3.09. The largest absolute Gasteiger partial charge is 0.480 e. The molecular weight excluding hydrogens is 260 g/mol. The van der Waals surface area contributed by atoms with Crippen LogP contribution in [0.5, 0.6) is 0 Å². The second kappa shape index (κ2) is 6.43. The van der Waals surface area contributed by atoms with Gasteiger partial charge in [-0.25, -0.2) is 9.59 Å². The number of urea groups is 1. The number of nitrogens with zero attached hydrogens (tertiary/aromatic N) is 2. The van der Waals surface area contributed by atoms with Gasteiger partial charge in [-0.15, -0.1) is 0 Å². The Morgan fingerprint density at radius 3 is 2.35 bits per heavy atom. The lowest BCUT2D eigenvalue weighted by Gasteiger charge is -2.41. The number of amides is 2. The van der Waals surface area contributed by atoms with E-state index in [-0.39, 0.29) is 18.6 Å². The first kappa shape index (κ1) is 15.1. The van der Waals surface area contributed by atoms with Crippen molar-refractivity contribution in [1.29, 1.82) is 0 Å². The van der Waals surface area contributed by atoms with E-state index in [9.17, 15) is 14.7 Å². The van der Waals surface area contributed by atoms with E-state index >= 15 is 0 Å². The molecule has 0 aliphatic carbocycles. The number of piperidine rings is 2. The average molecular weight is 284 g/mol. The molecule has 2 rings (SSSR count). The molecule has 2 amide bonds. The summed E-state index contributed by atoms with van der Waals surface area (Å²) in [6, 6.07) is -0.845. The number of aliphatic carboxylic acids is 1. The van der Waals surface area contributed by atoms with Gasteiger partial charge in [0.15, 0.2) is 0 Å². The van der Waals surface area contributed by atoms with E-state index in [1.54, 1.807) is 4.90 Å². The Morgan fingerprint density at radius 2 is 1.80 bits per heavy atom. The highest BCUT2D eigenvalue weighted by molar-refractivity contribution is 5.83. The Labute approximate surface area is 119 Å². The summed E-state index contributed by atoms with van der Waals surface area (Å²) in [6.07, 6.45) is 2.99. The molecule has 2 N–H and O–H groups in total. The molecule has 0 aromatic rings. The average Bonchev–Trinajstić information content (AvgIpc) is 2.46. The predicted molar refractivity (Wildman–Crippen MR) is 73.3 cm³/mol. The van der Waals surface area contributed by atoms with E-state index in [1.807, 2.05) is 6.92 Å². The third-order valence-electron chi connectivity index (χ3n) is 4.54. The van der Waals surface area contributed by atoms with E-state index < -0.39 is 12.0 Å². The van der Waals surface area contributed by atoms with Gasteiger partial charge in [-0.1, -0.05) is 6.92 Å². The molecule has 0 aromatic carbocycles. The SMILES string of the molecule is CC1CCN(C(=O)N2CCC(CO)CC2)C(C(=O)O)C1. The van der Waals surface area contributed by atoms with Crippen LogP contribution >= 0.6 is 0 Å². The first-order valence-corrected chi connectivity index (χ1v) is 7.42. The van der Waals surface area contributed by atoms with Crippen LogP contribution in [0.2, 0.25) is 0 Å². The molecule has 0 aromatic heterocycles. The number of carbonyl (C=O) groups excluding carboxylic acids is 1. The molecule has 2 unspecified atom stereocenters. The number of hydrogen-bond acceptors (Lipinski definition) is 3. The monoisotopic (exact) mass is 284 g/mol. The van der Waals surface area contributed by atoms with Gasteiger partial charge in [0, 0.05) is 26.2 Å². The van der Waals surface area contributed by atoms with Gasteiger partial charge in [-0.2, -0.15) is 0 Å². The van der Waals surface area contributed by atoms with Gasteiger partial charge in [0.1, 0.15) is 6.04 Å². The number of carbonyl (C=O) groups is 2. The summed E-state index contributed by atoms with van der Waals surface area (Å²) in [4.78, 5) is 27.1. The topological polar surface area (TPSA) is 81.1 Å². The van der Waals surface area contributed by atoms with Crippen LogP contribution in [0.15, 0.2) is 0 Å². The summed E-state index contributed by atoms with van der Waals surface area (Å²) >= 11 is 0. The van der Waals surface area contributed by atoms with Gasteiger partial charge >= 0.3 is 12.0 Å². The molecule has 0 radical (unpaired) electrons. The molecule has 0 bridgehead atoms. The van der Waals surface area contributed by atoms with Crippen LogP contribution in [-0.4, -0.2) is 64.3 Å². The number of carboxylic acid groups (broad SMARTS) is 1. The molecule has 2 aliphatic heterocycles. The van der Waals surface area contributed by atoms with Crippen LogP contribution in [0.3, 0.4) is 0 Å². The molecule has 0 saturated carbocycles. The summed E-state index contributed by atoms with van der Waals surface area (Å²) in [5.41, 5.74) is 0. The van der Waals surface area contributed by atoms with Crippen molar-refractivity contribution >= 4 is 12.0 Å². The van der Waals surface area contributed by atoms with Crippen LogP contribution < -0.4 is 0 Å². The predicted octanol–water partition coefficient (Wildman–Crippen LogP) is 0.996. The second-order valence-corrected chi connectivity index (χ2v) is 6.07. The number of aliphatic hydroxyl groups is 1. The minimum absolute atomic E-state index is 0.152. The van der Waals surface area contributed by atoms with Gasteiger partial charge in [0.2, 0.25) is 0 Å². The van der Waals surface area contributed by atoms with Crippen molar-refractivity contribution in [1.82, 2.24) is 9.80 Å². The summed E-state index contributed by atoms with van der Waals surface area (Å²) < 4.78 is 0. The van der Waals surface area contributed by atoms with Crippen molar-refractivity contribution in [3.8, 4) is 0 Å². The Hall–Kier alpha value is -1.30. The lowest BCUT2D eigenvalue weighted by atomic mass is 9.92. The highest BCUT2D eigenvalue weighted by Crippen LogP contribution is 2.25. The molecule has 2 aliphatic rings. The van der Waals surface area contributed by atoms with Crippen LogP contribution in [0.4, 0.5) is 4.79 Å². The lowest BCUT2D eigenvalue weighted by Crippen LogP contribution is -2.55. The highest BCUT2D eigenvalue weighted by Gasteiger charge is 2.37. The van der Waals surface area contributed by atoms with E-state index in [1.165, 1.54) is 4.90 Å². The number of rotatable bonds is 2. The first-order valence-electron chi connectivity index (χ1n) is 7.42. The quantitative estimate of drug-likeness (QED) is 0.792. The van der Waals surface area contributed by atoms with Crippen LogP contribution in [0.25, 0.3) is 0 Å². The van der Waals surface area contributed by atoms with E-state index in [0.717, 1.165) is 19.3 Å². The second-order valence-electron chi connectivity index (χ2n) is 6.07. The Balaban J connectivity index is 1.98. The van der Waals surface area contributed by atoms with Gasteiger partial charge in [-0.3, -0.25) is 0 Å².